The minimum atomic E-state index is -8.97. The summed E-state index contributed by atoms with van der Waals surface area (Å²) in [7, 11) is -14.9. The lowest BCUT2D eigenvalue weighted by Gasteiger charge is -2.34. The Labute approximate surface area is 109 Å². The zero-order valence-electron chi connectivity index (χ0n) is 9.18. The molecule has 118 valence electrons. The standard InChI is InChI=1S/C6H8F5NO5P2S/c7-17-19(16,20(8,9,10)11)12(18(13,14)15)6-4-2-1-3-5-6/h1-5,16H,(H2,13,14,15). The molecule has 0 aliphatic heterocycles. The molecule has 6 nitrogen and oxygen atoms in total. The van der Waals surface area contributed by atoms with E-state index < -0.39 is 34.4 Å². The van der Waals surface area contributed by atoms with Crippen LogP contribution in [0.4, 0.5) is 25.8 Å². The highest BCUT2D eigenvalue weighted by atomic mass is 32.7. The van der Waals surface area contributed by atoms with Crippen molar-refractivity contribution in [2.24, 2.45) is 0 Å². The van der Waals surface area contributed by atoms with Crippen LogP contribution in [0.2, 0.25) is 0 Å². The molecule has 0 saturated carbocycles. The fraction of sp³-hybridized carbons (Fsp3) is 0. The zero-order chi connectivity index (χ0) is 15.8. The lowest BCUT2D eigenvalue weighted by molar-refractivity contribution is -0.00617. The Morgan fingerprint density at radius 1 is 1.05 bits per heavy atom. The van der Waals surface area contributed by atoms with E-state index in [0.717, 1.165) is 12.1 Å². The molecule has 20 heavy (non-hydrogen) atoms. The van der Waals surface area contributed by atoms with Crippen molar-refractivity contribution >= 4 is 30.0 Å². The first-order valence-corrected chi connectivity index (χ1v) is 9.88. The molecule has 0 heterocycles. The molecule has 1 aromatic rings. The molecule has 1 aromatic carbocycles. The van der Waals surface area contributed by atoms with Crippen molar-refractivity contribution in [2.75, 3.05) is 4.44 Å². The molecule has 3 N–H and O–H groups in total. The topological polar surface area (TPSA) is 90.2 Å². The van der Waals surface area contributed by atoms with Gasteiger partial charge in [-0.1, -0.05) is 18.2 Å². The number of halogens is 5. The summed E-state index contributed by atoms with van der Waals surface area (Å²) in [5.41, 5.74) is -0.956. The van der Waals surface area contributed by atoms with Gasteiger partial charge in [-0.25, -0.2) is 9.01 Å². The molecule has 0 aliphatic rings. The SMILES string of the molecule is O=P(O)(O)N(c1ccccc1)P(O)(OF)=S(F)(F)(F)F. The average molecular weight is 363 g/mol. The maximum atomic E-state index is 12.7. The molecule has 0 spiro atoms. The van der Waals surface area contributed by atoms with Gasteiger partial charge in [0, 0.05) is 0 Å². The first-order chi connectivity index (χ1) is 8.80. The van der Waals surface area contributed by atoms with Crippen LogP contribution in [0, 0.1) is 0 Å². The van der Waals surface area contributed by atoms with Crippen LogP contribution < -0.4 is 4.44 Å². The monoisotopic (exact) mass is 363 g/mol. The highest BCUT2D eigenvalue weighted by Gasteiger charge is 2.57. The largest absolute Gasteiger partial charge is 0.437 e. The van der Waals surface area contributed by atoms with Gasteiger partial charge in [0.15, 0.2) is 0 Å². The Morgan fingerprint density at radius 3 is 1.80 bits per heavy atom. The summed E-state index contributed by atoms with van der Waals surface area (Å²) in [6, 6.07) is 4.77. The van der Waals surface area contributed by atoms with Crippen LogP contribution in [0.15, 0.2) is 30.3 Å². The summed E-state index contributed by atoms with van der Waals surface area (Å²) in [5, 5.41) is 0. The summed E-state index contributed by atoms with van der Waals surface area (Å²) < 4.78 is 75.5. The van der Waals surface area contributed by atoms with Crippen LogP contribution in [0.5, 0.6) is 0 Å². The third kappa shape index (κ3) is 3.22. The highest BCUT2D eigenvalue weighted by Crippen LogP contribution is 2.74. The van der Waals surface area contributed by atoms with Crippen LogP contribution >= 0.6 is 14.4 Å². The van der Waals surface area contributed by atoms with Gasteiger partial charge < -0.3 is 14.7 Å². The van der Waals surface area contributed by atoms with Gasteiger partial charge in [-0.05, 0) is 16.7 Å². The quantitative estimate of drug-likeness (QED) is 0.561. The minimum absolute atomic E-state index is 0.710. The van der Waals surface area contributed by atoms with Gasteiger partial charge in [-0.2, -0.15) is 0 Å². The molecule has 0 aliphatic carbocycles. The number of hydrogen-bond donors (Lipinski definition) is 3. The average Bonchev–Trinajstić information content (AvgIpc) is 2.25. The second-order valence-corrected chi connectivity index (χ2v) is 10.9. The van der Waals surface area contributed by atoms with Crippen LogP contribution in [-0.2, 0) is 19.2 Å². The molecule has 0 radical (unpaired) electrons. The number of rotatable bonds is 4. The molecule has 0 saturated heterocycles. The second kappa shape index (κ2) is 5.06. The fourth-order valence-electron chi connectivity index (χ4n) is 1.19. The molecule has 0 fully saturated rings. The van der Waals surface area contributed by atoms with E-state index in [4.69, 9.17) is 14.7 Å². The van der Waals surface area contributed by atoms with Gasteiger partial charge in [0.05, 0.1) is 5.69 Å². The van der Waals surface area contributed by atoms with E-state index in [-0.39, 0.29) is 0 Å². The van der Waals surface area contributed by atoms with Crippen molar-refractivity contribution in [3.63, 3.8) is 0 Å². The molecule has 14 heteroatoms. The van der Waals surface area contributed by atoms with E-state index in [9.17, 15) is 24.6 Å². The van der Waals surface area contributed by atoms with E-state index >= 15 is 0 Å². The molecule has 1 rings (SSSR count). The summed E-state index contributed by atoms with van der Waals surface area (Å²) in [4.78, 5) is 26.9. The van der Waals surface area contributed by atoms with Crippen molar-refractivity contribution in [1.29, 1.82) is 0 Å². The second-order valence-electron chi connectivity index (χ2n) is 3.32. The van der Waals surface area contributed by atoms with Gasteiger partial charge in [0.25, 0.3) is 0 Å². The Bertz CT molecular complexity index is 621. The third-order valence-electron chi connectivity index (χ3n) is 1.92. The number of anilines is 1. The van der Waals surface area contributed by atoms with Crippen molar-refractivity contribution in [3.05, 3.63) is 30.3 Å². The van der Waals surface area contributed by atoms with Gasteiger partial charge in [0.1, 0.15) is 0 Å². The Morgan fingerprint density at radius 2 is 1.50 bits per heavy atom. The first kappa shape index (κ1) is 17.6. The van der Waals surface area contributed by atoms with E-state index in [2.05, 4.69) is 4.73 Å². The number of hydrogen-bond acceptors (Lipinski definition) is 2. The summed E-state index contributed by atoms with van der Waals surface area (Å²) in [6.45, 7) is -6.85. The smallest absolute Gasteiger partial charge is 0.326 e. The lowest BCUT2D eigenvalue weighted by atomic mass is 10.3. The maximum absolute atomic E-state index is 12.7. The van der Waals surface area contributed by atoms with Gasteiger partial charge in [-0.15, -0.1) is 20.3 Å². The Hall–Kier alpha value is -0.480. The van der Waals surface area contributed by atoms with Gasteiger partial charge in [-0.3, -0.25) is 0 Å². The molecule has 0 bridgehead atoms. The van der Waals surface area contributed by atoms with E-state index in [1.54, 1.807) is 0 Å². The summed E-state index contributed by atoms with van der Waals surface area (Å²) in [5.74, 6) is 0. The number of nitrogens with zero attached hydrogens (tertiary/aromatic N) is 1. The normalized spacial score (nSPS) is 17.9. The van der Waals surface area contributed by atoms with Crippen LogP contribution in [0.1, 0.15) is 0 Å². The molecular weight excluding hydrogens is 355 g/mol. The van der Waals surface area contributed by atoms with Crippen LogP contribution in [0.3, 0.4) is 0 Å². The third-order valence-corrected chi connectivity index (χ3v) is 8.86. The van der Waals surface area contributed by atoms with Crippen LogP contribution in [0.25, 0.3) is 0 Å². The van der Waals surface area contributed by atoms with Crippen molar-refractivity contribution < 1.29 is 44.0 Å². The van der Waals surface area contributed by atoms with Gasteiger partial charge in [0.2, 0.25) is 0 Å². The fourth-order valence-corrected chi connectivity index (χ4v) is 6.78. The minimum Gasteiger partial charge on any atom is -0.326 e. The number of para-hydroxylation sites is 1. The predicted octanol–water partition coefficient (Wildman–Crippen LogP) is 3.38. The van der Waals surface area contributed by atoms with E-state index in [1.807, 2.05) is 0 Å². The van der Waals surface area contributed by atoms with Crippen molar-refractivity contribution in [1.82, 2.24) is 0 Å². The summed E-state index contributed by atoms with van der Waals surface area (Å²) >= 11 is 0. The molecule has 0 amide bonds. The van der Waals surface area contributed by atoms with E-state index in [0.29, 0.717) is 12.1 Å². The zero-order valence-corrected chi connectivity index (χ0v) is 11.8. The first-order valence-electron chi connectivity index (χ1n) is 4.45. The van der Waals surface area contributed by atoms with Crippen molar-refractivity contribution in [3.8, 4) is 0 Å². The van der Waals surface area contributed by atoms with Crippen molar-refractivity contribution in [2.45, 2.75) is 0 Å². The predicted molar refractivity (Wildman–Crippen MR) is 64.1 cm³/mol. The molecule has 1 atom stereocenters. The molecular formula is C6H8F5NO5P2S. The van der Waals surface area contributed by atoms with Crippen LogP contribution in [-0.4, -0.2) is 14.7 Å². The number of benzene rings is 1. The molecule has 1 unspecified atom stereocenters. The summed E-state index contributed by atoms with van der Waals surface area (Å²) in [6.07, 6.45) is 0. The van der Waals surface area contributed by atoms with Gasteiger partial charge >= 0.3 is 24.3 Å². The Kier molecular flexibility index (Phi) is 4.45. The van der Waals surface area contributed by atoms with E-state index in [1.165, 1.54) is 6.07 Å². The Balaban J connectivity index is 3.83. The molecule has 0 aromatic heterocycles. The highest BCUT2D eigenvalue weighted by molar-refractivity contribution is 8.42. The lowest BCUT2D eigenvalue weighted by Crippen LogP contribution is -2.23. The maximum Gasteiger partial charge on any atom is 0.437 e.